The van der Waals surface area contributed by atoms with Crippen LogP contribution in [0.4, 0.5) is 4.39 Å². The van der Waals surface area contributed by atoms with E-state index in [9.17, 15) is 9.18 Å². The van der Waals surface area contributed by atoms with Crippen molar-refractivity contribution in [2.24, 2.45) is 0 Å². The van der Waals surface area contributed by atoms with E-state index in [0.717, 1.165) is 28.0 Å². The summed E-state index contributed by atoms with van der Waals surface area (Å²) in [5.74, 6) is 0.253. The number of ether oxygens (including phenoxy) is 1. The average Bonchev–Trinajstić information content (AvgIpc) is 3.34. The summed E-state index contributed by atoms with van der Waals surface area (Å²) in [6, 6.07) is 21.6. The molecule has 4 aromatic rings. The first-order valence-corrected chi connectivity index (χ1v) is 10.4. The Balaban J connectivity index is 1.61. The third kappa shape index (κ3) is 3.43. The topological polar surface area (TPSA) is 58.2 Å². The molecule has 0 radical (unpaired) electrons. The van der Waals surface area contributed by atoms with Crippen molar-refractivity contribution in [2.45, 2.75) is 19.5 Å². The standard InChI is InChI=1S/C26H22FN3O2/c1-16-6-10-18(11-7-16)23-22-24(29-28-23)26(31)30(15-17-8-12-21(32-2)13-9-17)25(22)19-4-3-5-20(27)14-19/h3-14,25H,15H2,1-2H3,(H,28,29). The zero-order valence-electron chi connectivity index (χ0n) is 17.8. The first-order valence-electron chi connectivity index (χ1n) is 10.4. The molecule has 1 unspecified atom stereocenters. The number of hydrogen-bond donors (Lipinski definition) is 1. The van der Waals surface area contributed by atoms with E-state index in [1.54, 1.807) is 18.1 Å². The van der Waals surface area contributed by atoms with Crippen molar-refractivity contribution < 1.29 is 13.9 Å². The Morgan fingerprint density at radius 3 is 2.50 bits per heavy atom. The lowest BCUT2D eigenvalue weighted by Gasteiger charge is -2.26. The van der Waals surface area contributed by atoms with E-state index in [-0.39, 0.29) is 11.7 Å². The summed E-state index contributed by atoms with van der Waals surface area (Å²) in [7, 11) is 1.62. The molecular formula is C26H22FN3O2. The first-order chi connectivity index (χ1) is 15.5. The van der Waals surface area contributed by atoms with Gasteiger partial charge in [-0.3, -0.25) is 9.89 Å². The van der Waals surface area contributed by atoms with Gasteiger partial charge in [-0.25, -0.2) is 4.39 Å². The molecule has 160 valence electrons. The van der Waals surface area contributed by atoms with E-state index >= 15 is 0 Å². The monoisotopic (exact) mass is 427 g/mol. The quantitative estimate of drug-likeness (QED) is 0.472. The Morgan fingerprint density at radius 1 is 1.06 bits per heavy atom. The number of fused-ring (bicyclic) bond motifs is 1. The zero-order chi connectivity index (χ0) is 22.2. The second-order valence-electron chi connectivity index (χ2n) is 7.97. The second kappa shape index (κ2) is 7.96. The highest BCUT2D eigenvalue weighted by Crippen LogP contribution is 2.43. The predicted molar refractivity (Wildman–Crippen MR) is 120 cm³/mol. The number of carbonyl (C=O) groups excluding carboxylic acids is 1. The molecule has 0 spiro atoms. The maximum Gasteiger partial charge on any atom is 0.273 e. The Morgan fingerprint density at radius 2 is 1.81 bits per heavy atom. The van der Waals surface area contributed by atoms with E-state index in [1.807, 2.05) is 61.5 Å². The molecule has 3 aromatic carbocycles. The highest BCUT2D eigenvalue weighted by molar-refractivity contribution is 6.00. The van der Waals surface area contributed by atoms with Crippen molar-refractivity contribution in [1.82, 2.24) is 15.1 Å². The summed E-state index contributed by atoms with van der Waals surface area (Å²) in [6.07, 6.45) is 0. The predicted octanol–water partition coefficient (Wildman–Crippen LogP) is 5.28. The lowest BCUT2D eigenvalue weighted by Crippen LogP contribution is -2.29. The number of hydrogen-bond acceptors (Lipinski definition) is 3. The van der Waals surface area contributed by atoms with Crippen molar-refractivity contribution in [1.29, 1.82) is 0 Å². The van der Waals surface area contributed by atoms with Gasteiger partial charge in [-0.2, -0.15) is 5.10 Å². The molecule has 0 fully saturated rings. The molecule has 1 atom stereocenters. The molecule has 5 rings (SSSR count). The van der Waals surface area contributed by atoms with Crippen LogP contribution >= 0.6 is 0 Å². The largest absolute Gasteiger partial charge is 0.497 e. The Hall–Kier alpha value is -3.93. The van der Waals surface area contributed by atoms with Crippen LogP contribution in [0.1, 0.15) is 38.8 Å². The number of aromatic amines is 1. The van der Waals surface area contributed by atoms with Crippen LogP contribution in [-0.4, -0.2) is 28.1 Å². The molecular weight excluding hydrogens is 405 g/mol. The molecule has 0 saturated heterocycles. The molecule has 1 N–H and O–H groups in total. The van der Waals surface area contributed by atoms with Gasteiger partial charge in [-0.05, 0) is 42.3 Å². The minimum Gasteiger partial charge on any atom is -0.497 e. The molecule has 1 aromatic heterocycles. The normalized spacial score (nSPS) is 15.2. The number of aromatic nitrogens is 2. The highest BCUT2D eigenvalue weighted by Gasteiger charge is 2.42. The fourth-order valence-electron chi connectivity index (χ4n) is 4.24. The van der Waals surface area contributed by atoms with Gasteiger partial charge in [0.05, 0.1) is 18.8 Å². The number of H-pyrrole nitrogens is 1. The van der Waals surface area contributed by atoms with Crippen LogP contribution in [0.15, 0.2) is 72.8 Å². The van der Waals surface area contributed by atoms with Crippen molar-refractivity contribution in [3.63, 3.8) is 0 Å². The number of aryl methyl sites for hydroxylation is 1. The molecule has 1 aliphatic heterocycles. The van der Waals surface area contributed by atoms with Crippen LogP contribution in [0.3, 0.4) is 0 Å². The maximum absolute atomic E-state index is 14.2. The smallest absolute Gasteiger partial charge is 0.273 e. The molecule has 1 amide bonds. The van der Waals surface area contributed by atoms with Crippen molar-refractivity contribution in [2.75, 3.05) is 7.11 Å². The van der Waals surface area contributed by atoms with E-state index in [2.05, 4.69) is 10.2 Å². The van der Waals surface area contributed by atoms with Crippen LogP contribution in [0.2, 0.25) is 0 Å². The summed E-state index contributed by atoms with van der Waals surface area (Å²) in [5.41, 5.74) is 5.64. The number of carbonyl (C=O) groups is 1. The van der Waals surface area contributed by atoms with Crippen molar-refractivity contribution in [3.05, 3.63) is 107 Å². The molecule has 32 heavy (non-hydrogen) atoms. The fraction of sp³-hybridized carbons (Fsp3) is 0.154. The maximum atomic E-state index is 14.2. The van der Waals surface area contributed by atoms with Crippen LogP contribution in [0.5, 0.6) is 5.75 Å². The molecule has 0 bridgehead atoms. The first kappa shape index (κ1) is 20.0. The van der Waals surface area contributed by atoms with Crippen LogP contribution in [0, 0.1) is 12.7 Å². The minimum absolute atomic E-state index is 0.157. The summed E-state index contributed by atoms with van der Waals surface area (Å²) >= 11 is 0. The highest BCUT2D eigenvalue weighted by atomic mass is 19.1. The van der Waals surface area contributed by atoms with Gasteiger partial charge in [-0.15, -0.1) is 0 Å². The summed E-state index contributed by atoms with van der Waals surface area (Å²) < 4.78 is 19.4. The zero-order valence-corrected chi connectivity index (χ0v) is 17.8. The molecule has 1 aliphatic rings. The van der Waals surface area contributed by atoms with Gasteiger partial charge in [0.2, 0.25) is 0 Å². The van der Waals surface area contributed by atoms with Crippen LogP contribution < -0.4 is 4.74 Å². The van der Waals surface area contributed by atoms with E-state index in [1.165, 1.54) is 12.1 Å². The van der Waals surface area contributed by atoms with Crippen molar-refractivity contribution >= 4 is 5.91 Å². The Bertz CT molecular complexity index is 1280. The fourth-order valence-corrected chi connectivity index (χ4v) is 4.24. The van der Waals surface area contributed by atoms with Crippen LogP contribution in [-0.2, 0) is 6.54 Å². The number of nitrogens with zero attached hydrogens (tertiary/aromatic N) is 2. The average molecular weight is 427 g/mol. The number of nitrogens with one attached hydrogen (secondary N) is 1. The second-order valence-corrected chi connectivity index (χ2v) is 7.97. The summed E-state index contributed by atoms with van der Waals surface area (Å²) in [6.45, 7) is 2.40. The number of rotatable bonds is 5. The SMILES string of the molecule is COc1ccc(CN2C(=O)c3[nH]nc(-c4ccc(C)cc4)c3C2c2cccc(F)c2)cc1. The minimum atomic E-state index is -0.453. The number of amides is 1. The van der Waals surface area contributed by atoms with Crippen LogP contribution in [0.25, 0.3) is 11.3 Å². The Kier molecular flexibility index (Phi) is 4.98. The third-order valence-electron chi connectivity index (χ3n) is 5.87. The lowest BCUT2D eigenvalue weighted by atomic mass is 9.95. The Labute approximate surface area is 185 Å². The summed E-state index contributed by atoms with van der Waals surface area (Å²) in [4.78, 5) is 15.2. The molecule has 6 heteroatoms. The van der Waals surface area contributed by atoms with E-state index < -0.39 is 6.04 Å². The lowest BCUT2D eigenvalue weighted by molar-refractivity contribution is 0.0730. The molecule has 2 heterocycles. The molecule has 0 saturated carbocycles. The van der Waals surface area contributed by atoms with E-state index in [0.29, 0.717) is 23.5 Å². The van der Waals surface area contributed by atoms with E-state index in [4.69, 9.17) is 4.74 Å². The molecule has 5 nitrogen and oxygen atoms in total. The van der Waals surface area contributed by atoms with Crippen molar-refractivity contribution in [3.8, 4) is 17.0 Å². The van der Waals surface area contributed by atoms with Gasteiger partial charge in [-0.1, -0.05) is 54.1 Å². The molecule has 0 aliphatic carbocycles. The number of benzene rings is 3. The number of halogens is 1. The van der Waals surface area contributed by atoms with Gasteiger partial charge < -0.3 is 9.64 Å². The third-order valence-corrected chi connectivity index (χ3v) is 5.87. The number of methoxy groups -OCH3 is 1. The summed E-state index contributed by atoms with van der Waals surface area (Å²) in [5, 5.41) is 7.41. The van der Waals surface area contributed by atoms with Gasteiger partial charge in [0.25, 0.3) is 5.91 Å². The van der Waals surface area contributed by atoms with Gasteiger partial charge >= 0.3 is 0 Å². The van der Waals surface area contributed by atoms with Gasteiger partial charge in [0.15, 0.2) is 0 Å². The van der Waals surface area contributed by atoms with Gasteiger partial charge in [0, 0.05) is 17.7 Å². The van der Waals surface area contributed by atoms with Gasteiger partial charge in [0.1, 0.15) is 17.3 Å².